The Bertz CT molecular complexity index is 1060. The van der Waals surface area contributed by atoms with Crippen molar-refractivity contribution in [3.8, 4) is 0 Å². The molecule has 368 valence electrons. The van der Waals surface area contributed by atoms with E-state index in [1.54, 1.807) is 0 Å². The Kier molecular flexibility index (Phi) is 50.3. The lowest BCUT2D eigenvalue weighted by atomic mass is 10.0. The van der Waals surface area contributed by atoms with Crippen LogP contribution in [0, 0.1) is 0 Å². The Morgan fingerprint density at radius 2 is 0.619 bits per heavy atom. The third-order valence-corrected chi connectivity index (χ3v) is 12.2. The van der Waals surface area contributed by atoms with Gasteiger partial charge in [0, 0.05) is 19.3 Å². The number of esters is 3. The fraction of sp³-hybridized carbons (Fsp3) is 0.842. The van der Waals surface area contributed by atoms with Crippen molar-refractivity contribution < 1.29 is 28.6 Å². The number of hydrogen-bond donors (Lipinski definition) is 0. The van der Waals surface area contributed by atoms with Gasteiger partial charge in [0.25, 0.3) is 0 Å². The second-order valence-corrected chi connectivity index (χ2v) is 18.5. The zero-order chi connectivity index (χ0) is 45.8. The van der Waals surface area contributed by atoms with E-state index in [0.717, 1.165) is 70.6 Å². The number of unbranched alkanes of at least 4 members (excludes halogenated alkanes) is 35. The molecule has 0 aromatic carbocycles. The van der Waals surface area contributed by atoms with Crippen LogP contribution in [-0.4, -0.2) is 37.2 Å². The Morgan fingerprint density at radius 1 is 0.333 bits per heavy atom. The number of allylic oxidation sites excluding steroid dienone is 6. The second kappa shape index (κ2) is 52.3. The molecule has 0 radical (unpaired) electrons. The monoisotopic (exact) mass is 885 g/mol. The fourth-order valence-electron chi connectivity index (χ4n) is 8.09. The normalized spacial score (nSPS) is 12.2. The van der Waals surface area contributed by atoms with Gasteiger partial charge >= 0.3 is 17.9 Å². The smallest absolute Gasteiger partial charge is 0.306 e. The molecule has 0 aliphatic carbocycles. The van der Waals surface area contributed by atoms with Crippen LogP contribution in [0.5, 0.6) is 0 Å². The standard InChI is InChI=1S/C57H104O6/c1-4-7-10-13-16-19-22-25-27-28-29-31-32-35-38-41-44-47-50-56(59)62-53-54(52-61-55(58)49-46-43-40-37-34-24-21-18-15-12-9-6-3)63-57(60)51-48-45-42-39-36-33-30-26-23-20-17-14-11-8-5-2/h8,11,14,17,20,23,54H,4-7,9-10,12-13,15-16,18-19,21-22,24-53H2,1-3H3/b11-8-,17-14-,23-20-. The molecule has 0 saturated heterocycles. The van der Waals surface area contributed by atoms with Gasteiger partial charge < -0.3 is 14.2 Å². The first kappa shape index (κ1) is 60.6. The summed E-state index contributed by atoms with van der Waals surface area (Å²) in [5.41, 5.74) is 0. The van der Waals surface area contributed by atoms with Crippen LogP contribution in [0.2, 0.25) is 0 Å². The molecular weight excluding hydrogens is 781 g/mol. The van der Waals surface area contributed by atoms with Crippen LogP contribution in [0.4, 0.5) is 0 Å². The van der Waals surface area contributed by atoms with Crippen molar-refractivity contribution in [1.82, 2.24) is 0 Å². The Labute approximate surface area is 391 Å². The number of ether oxygens (including phenoxy) is 3. The first-order chi connectivity index (χ1) is 31.0. The minimum atomic E-state index is -0.773. The van der Waals surface area contributed by atoms with Gasteiger partial charge in [-0.15, -0.1) is 0 Å². The van der Waals surface area contributed by atoms with Crippen LogP contribution >= 0.6 is 0 Å². The van der Waals surface area contributed by atoms with Crippen LogP contribution < -0.4 is 0 Å². The zero-order valence-corrected chi connectivity index (χ0v) is 42.1. The quantitative estimate of drug-likeness (QED) is 0.0262. The van der Waals surface area contributed by atoms with Gasteiger partial charge in [-0.05, 0) is 38.5 Å². The molecule has 6 nitrogen and oxygen atoms in total. The topological polar surface area (TPSA) is 78.9 Å². The summed E-state index contributed by atoms with van der Waals surface area (Å²) in [4.78, 5) is 38.0. The third-order valence-electron chi connectivity index (χ3n) is 12.2. The first-order valence-electron chi connectivity index (χ1n) is 27.5. The summed E-state index contributed by atoms with van der Waals surface area (Å²) in [7, 11) is 0. The van der Waals surface area contributed by atoms with E-state index in [-0.39, 0.29) is 31.1 Å². The minimum absolute atomic E-state index is 0.0725. The largest absolute Gasteiger partial charge is 0.462 e. The van der Waals surface area contributed by atoms with Crippen molar-refractivity contribution in [3.63, 3.8) is 0 Å². The molecule has 0 bridgehead atoms. The lowest BCUT2D eigenvalue weighted by molar-refractivity contribution is -0.167. The van der Waals surface area contributed by atoms with Gasteiger partial charge in [0.2, 0.25) is 0 Å². The number of rotatable bonds is 50. The van der Waals surface area contributed by atoms with Crippen molar-refractivity contribution in [3.05, 3.63) is 36.5 Å². The average molecular weight is 885 g/mol. The summed E-state index contributed by atoms with van der Waals surface area (Å²) >= 11 is 0. The van der Waals surface area contributed by atoms with Gasteiger partial charge in [-0.25, -0.2) is 0 Å². The summed E-state index contributed by atoms with van der Waals surface area (Å²) in [5, 5.41) is 0. The molecule has 6 heteroatoms. The lowest BCUT2D eigenvalue weighted by Gasteiger charge is -2.18. The molecule has 0 aromatic heterocycles. The number of hydrogen-bond acceptors (Lipinski definition) is 6. The van der Waals surface area contributed by atoms with E-state index < -0.39 is 6.10 Å². The van der Waals surface area contributed by atoms with Gasteiger partial charge in [-0.3, -0.25) is 14.4 Å². The molecule has 0 aromatic rings. The summed E-state index contributed by atoms with van der Waals surface area (Å²) in [6, 6.07) is 0. The zero-order valence-electron chi connectivity index (χ0n) is 42.1. The van der Waals surface area contributed by atoms with Crippen molar-refractivity contribution in [1.29, 1.82) is 0 Å². The van der Waals surface area contributed by atoms with E-state index >= 15 is 0 Å². The molecule has 0 aliphatic heterocycles. The molecule has 1 atom stereocenters. The van der Waals surface area contributed by atoms with Crippen molar-refractivity contribution in [2.75, 3.05) is 13.2 Å². The molecule has 0 N–H and O–H groups in total. The second-order valence-electron chi connectivity index (χ2n) is 18.5. The SMILES string of the molecule is CC\C=C/C=C\C=C/CCCCCCCCCC(=O)OC(COC(=O)CCCCCCCCCCCCCC)COC(=O)CCCCCCCCCCCCCCCCCCCC. The predicted molar refractivity (Wildman–Crippen MR) is 270 cm³/mol. The molecule has 0 aliphatic rings. The molecule has 0 spiro atoms. The molecule has 0 rings (SSSR count). The van der Waals surface area contributed by atoms with Gasteiger partial charge in [0.1, 0.15) is 13.2 Å². The molecule has 0 saturated carbocycles. The molecule has 63 heavy (non-hydrogen) atoms. The highest BCUT2D eigenvalue weighted by molar-refractivity contribution is 5.71. The van der Waals surface area contributed by atoms with E-state index in [1.807, 2.05) is 0 Å². The van der Waals surface area contributed by atoms with Crippen molar-refractivity contribution in [2.45, 2.75) is 297 Å². The summed E-state index contributed by atoms with van der Waals surface area (Å²) in [6.45, 7) is 6.53. The molecule has 0 amide bonds. The minimum Gasteiger partial charge on any atom is -0.462 e. The highest BCUT2D eigenvalue weighted by Crippen LogP contribution is 2.17. The highest BCUT2D eigenvalue weighted by atomic mass is 16.6. The molecule has 1 unspecified atom stereocenters. The van der Waals surface area contributed by atoms with Crippen LogP contribution in [-0.2, 0) is 28.6 Å². The maximum atomic E-state index is 12.8. The summed E-state index contributed by atoms with van der Waals surface area (Å²) in [6.07, 6.45) is 61.3. The van der Waals surface area contributed by atoms with Gasteiger partial charge in [-0.1, -0.05) is 269 Å². The lowest BCUT2D eigenvalue weighted by Crippen LogP contribution is -2.30. The average Bonchev–Trinajstić information content (AvgIpc) is 3.28. The Hall–Kier alpha value is -2.37. The summed E-state index contributed by atoms with van der Waals surface area (Å²) < 4.78 is 16.8. The van der Waals surface area contributed by atoms with Crippen LogP contribution in [0.15, 0.2) is 36.5 Å². The number of carbonyl (C=O) groups excluding carboxylic acids is 3. The molecular formula is C57H104O6. The Morgan fingerprint density at radius 3 is 0.952 bits per heavy atom. The predicted octanol–water partition coefficient (Wildman–Crippen LogP) is 18.1. The van der Waals surface area contributed by atoms with Crippen LogP contribution in [0.25, 0.3) is 0 Å². The van der Waals surface area contributed by atoms with E-state index in [4.69, 9.17) is 14.2 Å². The van der Waals surface area contributed by atoms with E-state index in [9.17, 15) is 14.4 Å². The van der Waals surface area contributed by atoms with Gasteiger partial charge in [0.05, 0.1) is 0 Å². The third kappa shape index (κ3) is 50.5. The maximum Gasteiger partial charge on any atom is 0.306 e. The van der Waals surface area contributed by atoms with Gasteiger partial charge in [0.15, 0.2) is 6.10 Å². The fourth-order valence-corrected chi connectivity index (χ4v) is 8.09. The molecule has 0 fully saturated rings. The van der Waals surface area contributed by atoms with Crippen molar-refractivity contribution in [2.24, 2.45) is 0 Å². The summed E-state index contributed by atoms with van der Waals surface area (Å²) in [5.74, 6) is -0.869. The number of carbonyl (C=O) groups is 3. The Balaban J connectivity index is 4.32. The first-order valence-corrected chi connectivity index (χ1v) is 27.5. The van der Waals surface area contributed by atoms with Gasteiger partial charge in [-0.2, -0.15) is 0 Å². The molecule has 0 heterocycles. The van der Waals surface area contributed by atoms with E-state index in [0.29, 0.717) is 19.3 Å². The maximum absolute atomic E-state index is 12.8. The highest BCUT2D eigenvalue weighted by Gasteiger charge is 2.19. The van der Waals surface area contributed by atoms with E-state index in [2.05, 4.69) is 57.2 Å². The van der Waals surface area contributed by atoms with Crippen LogP contribution in [0.3, 0.4) is 0 Å². The van der Waals surface area contributed by atoms with Crippen molar-refractivity contribution >= 4 is 17.9 Å². The van der Waals surface area contributed by atoms with Crippen LogP contribution in [0.1, 0.15) is 290 Å². The van der Waals surface area contributed by atoms with E-state index in [1.165, 1.54) is 180 Å².